The van der Waals surface area contributed by atoms with Crippen molar-refractivity contribution in [3.05, 3.63) is 479 Å². The molecule has 2 aromatic heterocycles. The number of anilines is 6. The van der Waals surface area contributed by atoms with E-state index in [1.807, 2.05) is 0 Å². The summed E-state index contributed by atoms with van der Waals surface area (Å²) in [6.07, 6.45) is 0. The fourth-order valence-electron chi connectivity index (χ4n) is 22.1. The normalized spacial score (nSPS) is 12.5. The van der Waals surface area contributed by atoms with Gasteiger partial charge in [0.1, 0.15) is 34.2 Å². The minimum absolute atomic E-state index is 0.467. The lowest BCUT2D eigenvalue weighted by Gasteiger charge is -2.47. The molecule has 4 aliphatic rings. The Morgan fingerprint density at radius 3 is 1.06 bits per heavy atom. The van der Waals surface area contributed by atoms with E-state index in [0.29, 0.717) is 5.75 Å². The van der Waals surface area contributed by atoms with Gasteiger partial charge in [-0.25, -0.2) is 0 Å². The lowest BCUT2D eigenvalue weighted by molar-refractivity contribution is 0.469. The zero-order chi connectivity index (χ0) is 88.0. The number of hydrogen-bond acceptors (Lipinski definition) is 5. The van der Waals surface area contributed by atoms with Crippen LogP contribution in [-0.4, -0.2) is 18.0 Å². The summed E-state index contributed by atoms with van der Waals surface area (Å²) >= 11 is 0. The van der Waals surface area contributed by atoms with Crippen LogP contribution in [0.4, 0.5) is 34.1 Å². The van der Waals surface area contributed by atoms with Crippen LogP contribution < -0.4 is 52.1 Å². The van der Waals surface area contributed by atoms with E-state index in [0.717, 1.165) is 245 Å². The molecule has 0 amide bonds. The van der Waals surface area contributed by atoms with Crippen LogP contribution in [0.15, 0.2) is 484 Å². The summed E-state index contributed by atoms with van der Waals surface area (Å²) in [7, 11) is 0. The molecule has 0 bridgehead atoms. The van der Waals surface area contributed by atoms with Gasteiger partial charge < -0.3 is 28.3 Å². The third-order valence-electron chi connectivity index (χ3n) is 28.1. The molecule has 0 spiro atoms. The number of furan rings is 1. The van der Waals surface area contributed by atoms with Crippen molar-refractivity contribution >= 4 is 124 Å². The quantitative estimate of drug-likeness (QED) is 0.102. The van der Waals surface area contributed by atoms with E-state index in [1.54, 1.807) is 0 Å². The van der Waals surface area contributed by atoms with Gasteiger partial charge in [0.05, 0.1) is 27.8 Å². The Morgan fingerprint density at radius 1 is 0.201 bits per heavy atom. The van der Waals surface area contributed by atoms with Crippen molar-refractivity contribution < 1.29 is 13.9 Å². The first kappa shape index (κ1) is 76.6. The monoisotopic (exact) mass is 1700 g/mol. The van der Waals surface area contributed by atoms with Crippen LogP contribution in [0.5, 0.6) is 23.0 Å². The average molecular weight is 1700 g/mol. The van der Waals surface area contributed by atoms with E-state index in [1.165, 1.54) is 10.8 Å². The van der Waals surface area contributed by atoms with E-state index >= 15 is 0 Å². The topological polar surface area (TPSA) is 43.0 Å². The Labute approximate surface area is 777 Å². The molecular formula is C126H79B2N3O3. The van der Waals surface area contributed by atoms with E-state index in [9.17, 15) is 0 Å². The van der Waals surface area contributed by atoms with Crippen LogP contribution in [0.3, 0.4) is 0 Å². The van der Waals surface area contributed by atoms with Crippen LogP contribution in [0, 0.1) is 0 Å². The Balaban J connectivity index is 0.831. The fourth-order valence-corrected chi connectivity index (χ4v) is 22.1. The summed E-state index contributed by atoms with van der Waals surface area (Å²) in [6.45, 7) is -1.04. The number of para-hydroxylation sites is 5. The van der Waals surface area contributed by atoms with Gasteiger partial charge in [0, 0.05) is 83.9 Å². The highest BCUT2D eigenvalue weighted by atomic mass is 16.5. The van der Waals surface area contributed by atoms with Crippen LogP contribution in [0.1, 0.15) is 0 Å². The van der Waals surface area contributed by atoms with Crippen molar-refractivity contribution in [2.45, 2.75) is 0 Å². The van der Waals surface area contributed by atoms with E-state index in [-0.39, 0.29) is 0 Å². The largest absolute Gasteiger partial charge is 0.459 e. The molecule has 134 heavy (non-hydrogen) atoms. The number of rotatable bonds is 14. The molecule has 6 heterocycles. The summed E-state index contributed by atoms with van der Waals surface area (Å²) in [6, 6.07) is 177. The lowest BCUT2D eigenvalue weighted by atomic mass is 9.30. The van der Waals surface area contributed by atoms with Gasteiger partial charge in [0.15, 0.2) is 0 Å². The molecule has 0 unspecified atom stereocenters. The Kier molecular flexibility index (Phi) is 17.8. The molecule has 6 nitrogen and oxygen atoms in total. The standard InChI is InChI=1S/C126H79B2N3O3/c1-8-34-80(35-9-1)87-48-28-52-92(70-87)98-59-32-60-99(93-53-29-49-88(71-93)81-36-10-2-11-37-81)122(98)130-111-77-97(129-109-63-25-22-56-102(109)103-57-23-26-64-110(103)129)67-68-106(111)128-119-112(130)75-96(85-44-18-6-19-45-85)76-113(119)131(123-100(94-54-30-50-89(72-94)82-38-12-3-13-39-82)61-33-62-101(123)95-55-31-51-90(73-95)83-40-14-4-15-41-83)114-79-117-121-126(120(114)128)133-116-69-66-91(84-42-16-5-17-43-84)74-107(116)127(121)108-78-105(86-46-20-7-21-47-86)124-118(125(108)134-117)104-58-24-27-65-115(104)132-124/h1-79H. The van der Waals surface area contributed by atoms with Crippen LogP contribution in [-0.2, 0) is 0 Å². The molecule has 0 radical (unpaired) electrons. The summed E-state index contributed by atoms with van der Waals surface area (Å²) in [4.78, 5) is 5.36. The third kappa shape index (κ3) is 12.4. The van der Waals surface area contributed by atoms with Crippen LogP contribution in [0.2, 0.25) is 0 Å². The van der Waals surface area contributed by atoms with Crippen LogP contribution >= 0.6 is 0 Å². The molecule has 622 valence electrons. The van der Waals surface area contributed by atoms with E-state index in [4.69, 9.17) is 13.9 Å². The summed E-state index contributed by atoms with van der Waals surface area (Å²) in [5, 5.41) is 4.24. The predicted molar refractivity (Wildman–Crippen MR) is 560 cm³/mol. The molecule has 27 rings (SSSR count). The molecule has 23 aromatic rings. The van der Waals surface area contributed by atoms with Gasteiger partial charge in [-0.3, -0.25) is 0 Å². The maximum Gasteiger partial charge on any atom is 0.260 e. The van der Waals surface area contributed by atoms with Crippen molar-refractivity contribution in [1.29, 1.82) is 0 Å². The maximum atomic E-state index is 8.45. The average Bonchev–Trinajstić information content (AvgIpc) is 1.07. The van der Waals surface area contributed by atoms with Gasteiger partial charge in [0.25, 0.3) is 13.4 Å². The first-order chi connectivity index (χ1) is 66.5. The second-order valence-electron chi connectivity index (χ2n) is 35.5. The zero-order valence-electron chi connectivity index (χ0n) is 72.8. The number of hydrogen-bond donors (Lipinski definition) is 0. The Bertz CT molecular complexity index is 8440. The van der Waals surface area contributed by atoms with Gasteiger partial charge in [0.2, 0.25) is 0 Å². The highest BCUT2D eigenvalue weighted by molar-refractivity contribution is 7.03. The first-order valence-electron chi connectivity index (χ1n) is 46.1. The summed E-state index contributed by atoms with van der Waals surface area (Å²) < 4.78 is 26.5. The van der Waals surface area contributed by atoms with Gasteiger partial charge >= 0.3 is 0 Å². The van der Waals surface area contributed by atoms with Gasteiger partial charge in [-0.2, -0.15) is 0 Å². The molecule has 21 aromatic carbocycles. The molecule has 0 fully saturated rings. The molecule has 0 atom stereocenters. The predicted octanol–water partition coefficient (Wildman–Crippen LogP) is 29.8. The first-order valence-corrected chi connectivity index (χ1v) is 46.1. The highest BCUT2D eigenvalue weighted by Crippen LogP contribution is 2.58. The van der Waals surface area contributed by atoms with E-state index in [2.05, 4.69) is 494 Å². The second-order valence-corrected chi connectivity index (χ2v) is 35.5. The number of aromatic nitrogens is 1. The third-order valence-corrected chi connectivity index (χ3v) is 28.1. The smallest absolute Gasteiger partial charge is 0.260 e. The molecule has 4 aliphatic heterocycles. The van der Waals surface area contributed by atoms with Gasteiger partial charge in [-0.1, -0.05) is 400 Å². The Hall–Kier alpha value is -17.5. The number of benzene rings is 21. The van der Waals surface area contributed by atoms with Crippen LogP contribution in [0.25, 0.3) is 172 Å². The molecule has 8 heteroatoms. The van der Waals surface area contributed by atoms with Crippen molar-refractivity contribution in [2.75, 3.05) is 9.80 Å². The number of ether oxygens (including phenoxy) is 2. The SMILES string of the molecule is c1ccc(-c2cccc(-c3cccc(-c4cccc(-c5ccccc5)c4)c3N3c4cc(-n5c6ccccc6c6ccccc65)ccc4B4c5c3cc(-c3ccccc3)cc5N(c3c(-c5cccc(-c6ccccc6)c5)cccc3-c3cccc(-c5ccccc5)c3)c3cc5c6c(c34)Oc3ccc(-c4ccccc4)cc3B6c3cc(-c4ccccc4)c4oc6ccccc6c4c3O5)c2)cc1. The second kappa shape index (κ2) is 31.2. The van der Waals surface area contributed by atoms with Gasteiger partial charge in [-0.15, -0.1) is 0 Å². The molecule has 0 saturated carbocycles. The molecular weight excluding hydrogens is 1630 g/mol. The van der Waals surface area contributed by atoms with Crippen molar-refractivity contribution in [1.82, 2.24) is 4.57 Å². The van der Waals surface area contributed by atoms with Crippen molar-refractivity contribution in [2.24, 2.45) is 0 Å². The van der Waals surface area contributed by atoms with Gasteiger partial charge in [-0.05, 0) is 195 Å². The molecule has 0 saturated heterocycles. The zero-order valence-corrected chi connectivity index (χ0v) is 72.8. The number of nitrogens with zero attached hydrogens (tertiary/aromatic N) is 3. The fraction of sp³-hybridized carbons (Fsp3) is 0. The minimum atomic E-state index is -0.570. The summed E-state index contributed by atoms with van der Waals surface area (Å²) in [5.41, 5.74) is 40.5. The minimum Gasteiger partial charge on any atom is -0.459 e. The summed E-state index contributed by atoms with van der Waals surface area (Å²) in [5.74, 6) is 2.93. The van der Waals surface area contributed by atoms with E-state index < -0.39 is 13.4 Å². The Morgan fingerprint density at radius 2 is 0.582 bits per heavy atom. The number of fused-ring (bicyclic) bond motifs is 16. The molecule has 0 N–H and O–H groups in total. The maximum absolute atomic E-state index is 8.45. The van der Waals surface area contributed by atoms with Crippen molar-refractivity contribution in [3.8, 4) is 151 Å². The lowest BCUT2D eigenvalue weighted by Crippen LogP contribution is -2.65. The van der Waals surface area contributed by atoms with Crippen molar-refractivity contribution in [3.63, 3.8) is 0 Å². The molecule has 0 aliphatic carbocycles. The highest BCUT2D eigenvalue weighted by Gasteiger charge is 2.52.